The first-order valence-corrected chi connectivity index (χ1v) is 7.50. The van der Waals surface area contributed by atoms with Crippen molar-refractivity contribution >= 4 is 44.6 Å². The molecular weight excluding hydrogens is 354 g/mol. The predicted octanol–water partition coefficient (Wildman–Crippen LogP) is 4.74. The molecule has 7 heteroatoms. The Morgan fingerprint density at radius 3 is 2.79 bits per heavy atom. The number of ether oxygens (including phenoxy) is 1. The lowest BCUT2D eigenvalue weighted by Gasteiger charge is -2.09. The summed E-state index contributed by atoms with van der Waals surface area (Å²) in [6, 6.07) is 6.37. The Balaban J connectivity index is 2.16. The summed E-state index contributed by atoms with van der Waals surface area (Å²) in [5.41, 5.74) is 0.629. The van der Waals surface area contributed by atoms with Gasteiger partial charge in [0.2, 0.25) is 0 Å². The van der Waals surface area contributed by atoms with E-state index >= 15 is 0 Å². The average Bonchev–Trinajstić information content (AvgIpc) is 2.81. The molecule has 0 fully saturated rings. The Hall–Kier alpha value is -1.11. The second kappa shape index (κ2) is 6.36. The molecule has 2 rings (SSSR count). The molecule has 1 aromatic heterocycles. The van der Waals surface area contributed by atoms with Crippen molar-refractivity contribution in [2.24, 2.45) is 0 Å². The quantitative estimate of drug-likeness (QED) is 0.439. The minimum atomic E-state index is -0.449. The lowest BCUT2D eigenvalue weighted by atomic mass is 10.2. The molecule has 100 valence electrons. The normalized spacial score (nSPS) is 10.4. The van der Waals surface area contributed by atoms with E-state index < -0.39 is 4.92 Å². The molecule has 0 atom stereocenters. The Morgan fingerprint density at radius 2 is 2.21 bits per heavy atom. The van der Waals surface area contributed by atoms with Gasteiger partial charge in [-0.05, 0) is 33.4 Å². The van der Waals surface area contributed by atoms with Crippen LogP contribution in [0.4, 0.5) is 5.69 Å². The predicted molar refractivity (Wildman–Crippen MR) is 79.0 cm³/mol. The van der Waals surface area contributed by atoms with Crippen LogP contribution >= 0.6 is 38.9 Å². The molecule has 0 N–H and O–H groups in total. The molecule has 0 saturated carbocycles. The highest BCUT2D eigenvalue weighted by Gasteiger charge is 2.12. The minimum Gasteiger partial charge on any atom is -0.488 e. The van der Waals surface area contributed by atoms with Crippen molar-refractivity contribution < 1.29 is 9.66 Å². The van der Waals surface area contributed by atoms with Crippen LogP contribution in [0.2, 0.25) is 0 Å². The molecule has 0 bridgehead atoms. The minimum absolute atomic E-state index is 0.0142. The first-order valence-electron chi connectivity index (χ1n) is 5.29. The van der Waals surface area contributed by atoms with E-state index in [1.54, 1.807) is 17.4 Å². The zero-order chi connectivity index (χ0) is 13.8. The average molecular weight is 363 g/mol. The Bertz CT molecular complexity index is 602. The number of nitro groups is 1. The van der Waals surface area contributed by atoms with Crippen LogP contribution in [-0.2, 0) is 12.5 Å². The topological polar surface area (TPSA) is 52.4 Å². The molecule has 0 aliphatic rings. The van der Waals surface area contributed by atoms with E-state index in [0.717, 1.165) is 9.35 Å². The van der Waals surface area contributed by atoms with Gasteiger partial charge in [-0.1, -0.05) is 0 Å². The molecule has 4 nitrogen and oxygen atoms in total. The zero-order valence-corrected chi connectivity index (χ0v) is 12.8. The van der Waals surface area contributed by atoms with Crippen LogP contribution in [0.3, 0.4) is 0 Å². The SMILES string of the molecule is O=[N+]([O-])c1ccc(OCc2sccc2Br)c(CCl)c1. The van der Waals surface area contributed by atoms with Crippen molar-refractivity contribution in [3.8, 4) is 5.75 Å². The third-order valence-electron chi connectivity index (χ3n) is 2.45. The smallest absolute Gasteiger partial charge is 0.270 e. The number of rotatable bonds is 5. The van der Waals surface area contributed by atoms with Gasteiger partial charge < -0.3 is 4.74 Å². The van der Waals surface area contributed by atoms with Crippen molar-refractivity contribution in [3.63, 3.8) is 0 Å². The van der Waals surface area contributed by atoms with Crippen molar-refractivity contribution in [1.29, 1.82) is 0 Å². The molecule has 0 spiro atoms. The molecule has 0 unspecified atom stereocenters. The van der Waals surface area contributed by atoms with Gasteiger partial charge in [0, 0.05) is 22.2 Å². The van der Waals surface area contributed by atoms with Crippen molar-refractivity contribution in [1.82, 2.24) is 0 Å². The van der Waals surface area contributed by atoms with E-state index in [9.17, 15) is 10.1 Å². The second-order valence-electron chi connectivity index (χ2n) is 3.66. The van der Waals surface area contributed by atoms with E-state index in [0.29, 0.717) is 17.9 Å². The maximum atomic E-state index is 10.7. The highest BCUT2D eigenvalue weighted by molar-refractivity contribution is 9.10. The Morgan fingerprint density at radius 1 is 1.42 bits per heavy atom. The molecule has 1 heterocycles. The first kappa shape index (κ1) is 14.3. The molecule has 2 aromatic rings. The molecule has 0 aliphatic heterocycles. The number of halogens is 2. The highest BCUT2D eigenvalue weighted by Crippen LogP contribution is 2.28. The number of non-ortho nitro benzene ring substituents is 1. The summed E-state index contributed by atoms with van der Waals surface area (Å²) in [4.78, 5) is 11.3. The Kier molecular flexibility index (Phi) is 4.79. The molecule has 1 aromatic carbocycles. The Labute approximate surface area is 127 Å². The van der Waals surface area contributed by atoms with Crippen molar-refractivity contribution in [2.75, 3.05) is 0 Å². The molecule has 0 radical (unpaired) electrons. The van der Waals surface area contributed by atoms with Crippen LogP contribution in [0.5, 0.6) is 5.75 Å². The van der Waals surface area contributed by atoms with Gasteiger partial charge in [-0.3, -0.25) is 10.1 Å². The number of nitrogens with zero attached hydrogens (tertiary/aromatic N) is 1. The number of benzene rings is 1. The summed E-state index contributed by atoms with van der Waals surface area (Å²) in [5.74, 6) is 0.740. The molecular formula is C12H9BrClNO3S. The monoisotopic (exact) mass is 361 g/mol. The highest BCUT2D eigenvalue weighted by atomic mass is 79.9. The summed E-state index contributed by atoms with van der Waals surface area (Å²) in [7, 11) is 0. The maximum absolute atomic E-state index is 10.7. The van der Waals surface area contributed by atoms with Gasteiger partial charge in [-0.15, -0.1) is 22.9 Å². The van der Waals surface area contributed by atoms with E-state index in [2.05, 4.69) is 15.9 Å². The summed E-state index contributed by atoms with van der Waals surface area (Å²) in [6.45, 7) is 0.403. The van der Waals surface area contributed by atoms with Gasteiger partial charge in [-0.25, -0.2) is 0 Å². The fourth-order valence-electron chi connectivity index (χ4n) is 1.50. The van der Waals surface area contributed by atoms with E-state index in [1.807, 2.05) is 11.4 Å². The number of hydrogen-bond donors (Lipinski definition) is 0. The second-order valence-corrected chi connectivity index (χ2v) is 5.79. The van der Waals surface area contributed by atoms with Crippen LogP contribution in [0.25, 0.3) is 0 Å². The molecule has 0 saturated heterocycles. The van der Waals surface area contributed by atoms with E-state index in [4.69, 9.17) is 16.3 Å². The van der Waals surface area contributed by atoms with Gasteiger partial charge in [0.15, 0.2) is 0 Å². The fraction of sp³-hybridized carbons (Fsp3) is 0.167. The van der Waals surface area contributed by atoms with Crippen LogP contribution in [0, 0.1) is 10.1 Å². The van der Waals surface area contributed by atoms with Crippen molar-refractivity contribution in [3.05, 3.63) is 54.7 Å². The number of hydrogen-bond acceptors (Lipinski definition) is 4. The van der Waals surface area contributed by atoms with Gasteiger partial charge in [0.25, 0.3) is 5.69 Å². The zero-order valence-electron chi connectivity index (χ0n) is 9.64. The third kappa shape index (κ3) is 3.46. The molecule has 19 heavy (non-hydrogen) atoms. The summed E-state index contributed by atoms with van der Waals surface area (Å²) < 4.78 is 6.65. The standard InChI is InChI=1S/C12H9BrClNO3S/c13-10-3-4-19-12(10)7-18-11-2-1-9(15(16)17)5-8(11)6-14/h1-5H,6-7H2. The summed E-state index contributed by atoms with van der Waals surface area (Å²) in [6.07, 6.45) is 0. The van der Waals surface area contributed by atoms with Crippen LogP contribution in [0.15, 0.2) is 34.1 Å². The van der Waals surface area contributed by atoms with Crippen LogP contribution in [-0.4, -0.2) is 4.92 Å². The number of alkyl halides is 1. The van der Waals surface area contributed by atoms with E-state index in [-0.39, 0.29) is 11.6 Å². The van der Waals surface area contributed by atoms with Gasteiger partial charge in [-0.2, -0.15) is 0 Å². The summed E-state index contributed by atoms with van der Waals surface area (Å²) in [5, 5.41) is 12.6. The van der Waals surface area contributed by atoms with Gasteiger partial charge >= 0.3 is 0 Å². The third-order valence-corrected chi connectivity index (χ3v) is 4.64. The first-order chi connectivity index (χ1) is 9.11. The van der Waals surface area contributed by atoms with Crippen LogP contribution in [0.1, 0.15) is 10.4 Å². The van der Waals surface area contributed by atoms with Crippen LogP contribution < -0.4 is 4.74 Å². The lowest BCUT2D eigenvalue weighted by molar-refractivity contribution is -0.384. The number of thiophene rings is 1. The fourth-order valence-corrected chi connectivity index (χ4v) is 3.08. The number of nitro benzene ring substituents is 1. The molecule has 0 amide bonds. The van der Waals surface area contributed by atoms with Crippen molar-refractivity contribution in [2.45, 2.75) is 12.5 Å². The maximum Gasteiger partial charge on any atom is 0.270 e. The van der Waals surface area contributed by atoms with E-state index in [1.165, 1.54) is 12.1 Å². The molecule has 0 aliphatic carbocycles. The summed E-state index contributed by atoms with van der Waals surface area (Å²) >= 11 is 10.8. The van der Waals surface area contributed by atoms with Gasteiger partial charge in [0.1, 0.15) is 12.4 Å². The largest absolute Gasteiger partial charge is 0.488 e. The lowest BCUT2D eigenvalue weighted by Crippen LogP contribution is -1.98. The van der Waals surface area contributed by atoms with Gasteiger partial charge in [0.05, 0.1) is 15.7 Å².